The zero-order valence-corrected chi connectivity index (χ0v) is 14.0. The lowest BCUT2D eigenvalue weighted by Gasteiger charge is -2.13. The first-order valence-corrected chi connectivity index (χ1v) is 8.62. The summed E-state index contributed by atoms with van der Waals surface area (Å²) in [6.07, 6.45) is 4.45. The van der Waals surface area contributed by atoms with Crippen molar-refractivity contribution >= 4 is 28.5 Å². The van der Waals surface area contributed by atoms with E-state index in [-0.39, 0.29) is 0 Å². The molecule has 1 aliphatic rings. The molecule has 0 spiro atoms. The van der Waals surface area contributed by atoms with Gasteiger partial charge in [0.1, 0.15) is 15.5 Å². The molecular weight excluding hydrogens is 334 g/mol. The molecule has 0 atom stereocenters. The molecule has 1 saturated carbocycles. The zero-order valence-electron chi connectivity index (χ0n) is 13.1. The second-order valence-electron chi connectivity index (χ2n) is 5.93. The van der Waals surface area contributed by atoms with Gasteiger partial charge in [-0.05, 0) is 24.3 Å². The largest absolute Gasteiger partial charge is 0.480 e. The second-order valence-corrected chi connectivity index (χ2v) is 7.30. The molecule has 0 aliphatic heterocycles. The van der Waals surface area contributed by atoms with Crippen LogP contribution in [0.3, 0.4) is 0 Å². The molecule has 5 nitrogen and oxygen atoms in total. The van der Waals surface area contributed by atoms with E-state index in [4.69, 9.17) is 0 Å². The molecule has 1 fully saturated rings. The number of rotatable bonds is 4. The lowest BCUT2D eigenvalue weighted by molar-refractivity contribution is -0.137. The quantitative estimate of drug-likeness (QED) is 0.771. The molecule has 0 amide bonds. The summed E-state index contributed by atoms with van der Waals surface area (Å²) in [6, 6.07) is 13.5. The molecule has 4 rings (SSSR count). The fraction of sp³-hybridized carbons (Fsp3) is 0.158. The van der Waals surface area contributed by atoms with Crippen molar-refractivity contribution in [3.8, 4) is 17.3 Å². The molecule has 0 unspecified atom stereocenters. The number of carboxylic acid groups (broad SMARTS) is 1. The number of nitrogens with zero attached hydrogens (tertiary/aromatic N) is 3. The van der Waals surface area contributed by atoms with Crippen LogP contribution < -0.4 is 0 Å². The molecular formula is C19H13N3O2S. The van der Waals surface area contributed by atoms with Gasteiger partial charge < -0.3 is 5.11 Å². The number of aliphatic carboxylic acids is 1. The van der Waals surface area contributed by atoms with E-state index in [2.05, 4.69) is 16.0 Å². The third-order valence-electron chi connectivity index (χ3n) is 4.35. The molecule has 3 aromatic rings. The Hall–Kier alpha value is -2.91. The van der Waals surface area contributed by atoms with E-state index in [9.17, 15) is 15.2 Å². The third kappa shape index (κ3) is 2.63. The van der Waals surface area contributed by atoms with Gasteiger partial charge in [-0.15, -0.1) is 0 Å². The summed E-state index contributed by atoms with van der Waals surface area (Å²) in [5.74, 6) is -0.807. The summed E-state index contributed by atoms with van der Waals surface area (Å²) in [6.45, 7) is 0. The Morgan fingerprint density at radius 2 is 1.84 bits per heavy atom. The van der Waals surface area contributed by atoms with Gasteiger partial charge in [-0.1, -0.05) is 42.1 Å². The second kappa shape index (κ2) is 5.87. The van der Waals surface area contributed by atoms with E-state index < -0.39 is 10.7 Å². The van der Waals surface area contributed by atoms with Gasteiger partial charge in [-0.2, -0.15) is 5.26 Å². The Labute approximate surface area is 148 Å². The standard InChI is InChI=1S/C19H13N3O2S/c20-11-12-5-6-15(14-4-2-1-3-13(12)14)16-17(22-10-9-21-16)25-19(7-8-19)18(23)24/h1-6,9-10H,7-8H2,(H,23,24). The minimum atomic E-state index is -0.807. The maximum Gasteiger partial charge on any atom is 0.320 e. The van der Waals surface area contributed by atoms with Gasteiger partial charge in [-0.3, -0.25) is 9.78 Å². The Bertz CT molecular complexity index is 1040. The molecule has 1 aliphatic carbocycles. The maximum absolute atomic E-state index is 11.5. The Balaban J connectivity index is 1.88. The molecule has 6 heteroatoms. The Kier molecular flexibility index (Phi) is 3.66. The summed E-state index contributed by atoms with van der Waals surface area (Å²) < 4.78 is -0.785. The summed E-state index contributed by atoms with van der Waals surface area (Å²) in [7, 11) is 0. The van der Waals surface area contributed by atoms with Crippen LogP contribution in [0.15, 0.2) is 53.8 Å². The highest BCUT2D eigenvalue weighted by Gasteiger charge is 2.52. The predicted octanol–water partition coefficient (Wildman–Crippen LogP) is 3.88. The van der Waals surface area contributed by atoms with Crippen LogP contribution in [-0.2, 0) is 4.79 Å². The first kappa shape index (κ1) is 15.6. The number of aromatic nitrogens is 2. The van der Waals surface area contributed by atoms with E-state index in [1.807, 2.05) is 30.3 Å². The van der Waals surface area contributed by atoms with Crippen LogP contribution >= 0.6 is 11.8 Å². The summed E-state index contributed by atoms with van der Waals surface area (Å²) >= 11 is 1.27. The number of hydrogen-bond acceptors (Lipinski definition) is 5. The summed E-state index contributed by atoms with van der Waals surface area (Å²) in [4.78, 5) is 20.4. The van der Waals surface area contributed by atoms with Crippen LogP contribution in [0, 0.1) is 11.3 Å². The molecule has 1 heterocycles. The lowest BCUT2D eigenvalue weighted by atomic mass is 9.98. The first-order chi connectivity index (χ1) is 12.1. The molecule has 0 saturated heterocycles. The van der Waals surface area contributed by atoms with E-state index in [1.165, 1.54) is 11.8 Å². The SMILES string of the molecule is N#Cc1ccc(-c2nccnc2SC2(C(=O)O)CC2)c2ccccc12. The first-order valence-electron chi connectivity index (χ1n) is 7.80. The minimum Gasteiger partial charge on any atom is -0.480 e. The van der Waals surface area contributed by atoms with Crippen LogP contribution in [-0.4, -0.2) is 25.8 Å². The van der Waals surface area contributed by atoms with Gasteiger partial charge in [-0.25, -0.2) is 4.98 Å². The van der Waals surface area contributed by atoms with Gasteiger partial charge in [0, 0.05) is 23.3 Å². The Morgan fingerprint density at radius 3 is 2.52 bits per heavy atom. The van der Waals surface area contributed by atoms with E-state index in [1.54, 1.807) is 18.5 Å². The van der Waals surface area contributed by atoms with E-state index in [0.717, 1.165) is 16.3 Å². The molecule has 122 valence electrons. The van der Waals surface area contributed by atoms with Crippen LogP contribution in [0.4, 0.5) is 0 Å². The van der Waals surface area contributed by atoms with E-state index in [0.29, 0.717) is 29.1 Å². The van der Waals surface area contributed by atoms with Crippen molar-refractivity contribution in [3.05, 3.63) is 54.4 Å². The average Bonchev–Trinajstić information content (AvgIpc) is 3.42. The van der Waals surface area contributed by atoms with Gasteiger partial charge in [0.15, 0.2) is 0 Å². The molecule has 25 heavy (non-hydrogen) atoms. The van der Waals surface area contributed by atoms with Crippen molar-refractivity contribution in [2.24, 2.45) is 0 Å². The molecule has 0 radical (unpaired) electrons. The van der Waals surface area contributed by atoms with Gasteiger partial charge >= 0.3 is 5.97 Å². The number of nitriles is 1. The molecule has 1 N–H and O–H groups in total. The predicted molar refractivity (Wildman–Crippen MR) is 95.1 cm³/mol. The molecule has 0 bridgehead atoms. The normalized spacial score (nSPS) is 14.8. The van der Waals surface area contributed by atoms with Crippen molar-refractivity contribution in [3.63, 3.8) is 0 Å². The topological polar surface area (TPSA) is 86.9 Å². The van der Waals surface area contributed by atoms with Crippen LogP contribution in [0.1, 0.15) is 18.4 Å². The number of carbonyl (C=O) groups is 1. The lowest BCUT2D eigenvalue weighted by Crippen LogP contribution is -2.17. The number of benzene rings is 2. The van der Waals surface area contributed by atoms with Crippen molar-refractivity contribution in [2.75, 3.05) is 0 Å². The summed E-state index contributed by atoms with van der Waals surface area (Å²) in [5, 5.41) is 21.2. The maximum atomic E-state index is 11.5. The van der Waals surface area contributed by atoms with Gasteiger partial charge in [0.25, 0.3) is 0 Å². The molecule has 1 aromatic heterocycles. The van der Waals surface area contributed by atoms with E-state index >= 15 is 0 Å². The highest BCUT2D eigenvalue weighted by molar-refractivity contribution is 8.01. The van der Waals surface area contributed by atoms with Crippen LogP contribution in [0.2, 0.25) is 0 Å². The monoisotopic (exact) mass is 347 g/mol. The number of thioether (sulfide) groups is 1. The minimum absolute atomic E-state index is 0.599. The average molecular weight is 347 g/mol. The van der Waals surface area contributed by atoms with Crippen LogP contribution in [0.25, 0.3) is 22.0 Å². The van der Waals surface area contributed by atoms with Crippen molar-refractivity contribution in [1.82, 2.24) is 9.97 Å². The molecule has 2 aromatic carbocycles. The summed E-state index contributed by atoms with van der Waals surface area (Å²) in [5.41, 5.74) is 2.11. The van der Waals surface area contributed by atoms with Gasteiger partial charge in [0.05, 0.1) is 11.6 Å². The number of hydrogen-bond donors (Lipinski definition) is 1. The highest BCUT2D eigenvalue weighted by atomic mass is 32.2. The number of carboxylic acids is 1. The van der Waals surface area contributed by atoms with Crippen molar-refractivity contribution < 1.29 is 9.90 Å². The third-order valence-corrected chi connectivity index (χ3v) is 5.82. The van der Waals surface area contributed by atoms with Crippen molar-refractivity contribution in [1.29, 1.82) is 5.26 Å². The van der Waals surface area contributed by atoms with Crippen LogP contribution in [0.5, 0.6) is 0 Å². The van der Waals surface area contributed by atoms with Gasteiger partial charge in [0.2, 0.25) is 0 Å². The zero-order chi connectivity index (χ0) is 17.4. The highest BCUT2D eigenvalue weighted by Crippen LogP contribution is 2.53. The van der Waals surface area contributed by atoms with Crippen molar-refractivity contribution in [2.45, 2.75) is 22.6 Å². The Morgan fingerprint density at radius 1 is 1.12 bits per heavy atom. The fourth-order valence-corrected chi connectivity index (χ4v) is 3.98. The smallest absolute Gasteiger partial charge is 0.320 e. The fourth-order valence-electron chi connectivity index (χ4n) is 2.85. The number of fused-ring (bicyclic) bond motifs is 1.